The highest BCUT2D eigenvalue weighted by Gasteiger charge is 2.27. The molecule has 1 aromatic rings. The maximum atomic E-state index is 12.5. The van der Waals surface area contributed by atoms with Crippen LogP contribution in [0.1, 0.15) is 50.5 Å². The zero-order valence-electron chi connectivity index (χ0n) is 16.9. The lowest BCUT2D eigenvalue weighted by molar-refractivity contribution is -0.135. The summed E-state index contributed by atoms with van der Waals surface area (Å²) < 4.78 is 5.15. The summed E-state index contributed by atoms with van der Waals surface area (Å²) in [7, 11) is 1.63. The lowest BCUT2D eigenvalue weighted by Crippen LogP contribution is -2.43. The first-order chi connectivity index (χ1) is 13.7. The molecular weight excluding hydrogens is 352 g/mol. The Bertz CT molecular complexity index is 688. The minimum atomic E-state index is 0.0328. The lowest BCUT2D eigenvalue weighted by Gasteiger charge is -2.31. The number of likely N-dealkylation sites (tertiary alicyclic amines) is 1. The van der Waals surface area contributed by atoms with Crippen molar-refractivity contribution in [3.63, 3.8) is 0 Å². The van der Waals surface area contributed by atoms with E-state index in [9.17, 15) is 9.59 Å². The molecule has 3 rings (SSSR count). The Kier molecular flexibility index (Phi) is 7.52. The first kappa shape index (κ1) is 20.4. The van der Waals surface area contributed by atoms with Gasteiger partial charge in [0.25, 0.3) is 0 Å². The van der Waals surface area contributed by atoms with Crippen LogP contribution in [-0.4, -0.2) is 43.5 Å². The molecular formula is C23H32N2O3. The molecule has 2 amide bonds. The number of carbonyl (C=O) groups excluding carboxylic acids is 2. The summed E-state index contributed by atoms with van der Waals surface area (Å²) in [5, 5.41) is 3.10. The van der Waals surface area contributed by atoms with E-state index in [1.54, 1.807) is 7.11 Å². The Hall–Kier alpha value is -2.30. The second-order valence-corrected chi connectivity index (χ2v) is 7.83. The van der Waals surface area contributed by atoms with Crippen LogP contribution in [0.5, 0.6) is 5.75 Å². The van der Waals surface area contributed by atoms with Crippen LogP contribution in [0.15, 0.2) is 35.9 Å². The van der Waals surface area contributed by atoms with Crippen LogP contribution < -0.4 is 10.1 Å². The van der Waals surface area contributed by atoms with Crippen molar-refractivity contribution in [2.45, 2.75) is 51.4 Å². The van der Waals surface area contributed by atoms with E-state index in [0.29, 0.717) is 19.5 Å². The quantitative estimate of drug-likeness (QED) is 0.732. The molecule has 0 atom stereocenters. The average Bonchev–Trinajstić information content (AvgIpc) is 2.75. The fourth-order valence-electron chi connectivity index (χ4n) is 4.04. The van der Waals surface area contributed by atoms with Crippen LogP contribution in [0.2, 0.25) is 0 Å². The molecule has 0 bridgehead atoms. The molecule has 0 unspecified atom stereocenters. The van der Waals surface area contributed by atoms with Crippen molar-refractivity contribution in [2.75, 3.05) is 26.7 Å². The smallest absolute Gasteiger partial charge is 0.226 e. The van der Waals surface area contributed by atoms with Gasteiger partial charge in [-0.2, -0.15) is 0 Å². The van der Waals surface area contributed by atoms with E-state index in [1.165, 1.54) is 31.3 Å². The Balaban J connectivity index is 1.37. The van der Waals surface area contributed by atoms with Crippen molar-refractivity contribution in [1.82, 2.24) is 10.2 Å². The molecule has 2 aliphatic rings. The van der Waals surface area contributed by atoms with E-state index >= 15 is 0 Å². The second kappa shape index (κ2) is 10.3. The fourth-order valence-corrected chi connectivity index (χ4v) is 4.04. The Morgan fingerprint density at radius 1 is 1.14 bits per heavy atom. The topological polar surface area (TPSA) is 58.6 Å². The number of carbonyl (C=O) groups is 2. The highest BCUT2D eigenvalue weighted by atomic mass is 16.5. The van der Waals surface area contributed by atoms with Gasteiger partial charge in [0.1, 0.15) is 5.75 Å². The molecule has 152 valence electrons. The van der Waals surface area contributed by atoms with Gasteiger partial charge < -0.3 is 15.0 Å². The first-order valence-corrected chi connectivity index (χ1v) is 10.5. The van der Waals surface area contributed by atoms with E-state index in [2.05, 4.69) is 11.4 Å². The lowest BCUT2D eigenvalue weighted by atomic mass is 9.94. The number of allylic oxidation sites excluding steroid dienone is 1. The molecule has 1 aliphatic carbocycles. The molecule has 0 saturated carbocycles. The number of hydrogen-bond donors (Lipinski definition) is 1. The number of amides is 2. The van der Waals surface area contributed by atoms with Gasteiger partial charge >= 0.3 is 0 Å². The standard InChI is InChI=1S/C23H32N2O3/c1-28-21-9-7-19(8-10-21)17-22(26)25-15-12-20(13-16-25)23(27)24-14-11-18-5-3-2-4-6-18/h5,7-10,20H,2-4,6,11-17H2,1H3,(H,24,27). The molecule has 5 nitrogen and oxygen atoms in total. The third-order valence-corrected chi connectivity index (χ3v) is 5.86. The van der Waals surface area contributed by atoms with Gasteiger partial charge in [-0.05, 0) is 62.6 Å². The number of rotatable bonds is 7. The molecule has 5 heteroatoms. The number of nitrogens with one attached hydrogen (secondary N) is 1. The van der Waals surface area contributed by atoms with Gasteiger partial charge in [-0.25, -0.2) is 0 Å². The highest BCUT2D eigenvalue weighted by Crippen LogP contribution is 2.21. The molecule has 1 heterocycles. The molecule has 28 heavy (non-hydrogen) atoms. The van der Waals surface area contributed by atoms with Crippen molar-refractivity contribution >= 4 is 11.8 Å². The zero-order valence-corrected chi connectivity index (χ0v) is 16.9. The Morgan fingerprint density at radius 2 is 1.89 bits per heavy atom. The van der Waals surface area contributed by atoms with E-state index in [4.69, 9.17) is 4.74 Å². The van der Waals surface area contributed by atoms with Crippen molar-refractivity contribution in [3.8, 4) is 5.75 Å². The van der Waals surface area contributed by atoms with Crippen LogP contribution in [-0.2, 0) is 16.0 Å². The maximum absolute atomic E-state index is 12.5. The average molecular weight is 385 g/mol. The molecule has 1 saturated heterocycles. The minimum Gasteiger partial charge on any atom is -0.497 e. The third-order valence-electron chi connectivity index (χ3n) is 5.86. The molecule has 0 aromatic heterocycles. The fraction of sp³-hybridized carbons (Fsp3) is 0.565. The first-order valence-electron chi connectivity index (χ1n) is 10.5. The minimum absolute atomic E-state index is 0.0328. The van der Waals surface area contributed by atoms with Crippen LogP contribution in [0.3, 0.4) is 0 Å². The van der Waals surface area contributed by atoms with Crippen LogP contribution >= 0.6 is 0 Å². The summed E-state index contributed by atoms with van der Waals surface area (Å²) in [6.07, 6.45) is 10.2. The Morgan fingerprint density at radius 3 is 2.54 bits per heavy atom. The summed E-state index contributed by atoms with van der Waals surface area (Å²) >= 11 is 0. The van der Waals surface area contributed by atoms with Gasteiger partial charge in [-0.1, -0.05) is 23.8 Å². The van der Waals surface area contributed by atoms with Crippen molar-refractivity contribution in [2.24, 2.45) is 5.92 Å². The van der Waals surface area contributed by atoms with Crippen molar-refractivity contribution < 1.29 is 14.3 Å². The molecule has 1 fully saturated rings. The molecule has 1 N–H and O–H groups in total. The van der Waals surface area contributed by atoms with Gasteiger partial charge in [0.15, 0.2) is 0 Å². The van der Waals surface area contributed by atoms with Crippen LogP contribution in [0.25, 0.3) is 0 Å². The summed E-state index contributed by atoms with van der Waals surface area (Å²) in [5.74, 6) is 1.11. The van der Waals surface area contributed by atoms with Crippen LogP contribution in [0, 0.1) is 5.92 Å². The molecule has 1 aromatic carbocycles. The summed E-state index contributed by atoms with van der Waals surface area (Å²) in [5.41, 5.74) is 2.48. The predicted molar refractivity (Wildman–Crippen MR) is 110 cm³/mol. The SMILES string of the molecule is COc1ccc(CC(=O)N2CCC(C(=O)NCCC3=CCCCC3)CC2)cc1. The van der Waals surface area contributed by atoms with Gasteiger partial charge in [-0.15, -0.1) is 0 Å². The summed E-state index contributed by atoms with van der Waals surface area (Å²) in [6, 6.07) is 7.61. The predicted octanol–water partition coefficient (Wildman–Crippen LogP) is 3.48. The summed E-state index contributed by atoms with van der Waals surface area (Å²) in [4.78, 5) is 26.8. The maximum Gasteiger partial charge on any atom is 0.226 e. The number of ether oxygens (including phenoxy) is 1. The van der Waals surface area contributed by atoms with Crippen molar-refractivity contribution in [1.29, 1.82) is 0 Å². The van der Waals surface area contributed by atoms with Gasteiger partial charge in [-0.3, -0.25) is 9.59 Å². The number of benzene rings is 1. The summed E-state index contributed by atoms with van der Waals surface area (Å²) in [6.45, 7) is 2.07. The van der Waals surface area contributed by atoms with Gasteiger partial charge in [0, 0.05) is 25.6 Å². The number of piperidine rings is 1. The van der Waals surface area contributed by atoms with Crippen molar-refractivity contribution in [3.05, 3.63) is 41.5 Å². The van der Waals surface area contributed by atoms with Crippen LogP contribution in [0.4, 0.5) is 0 Å². The van der Waals surface area contributed by atoms with E-state index in [-0.39, 0.29) is 17.7 Å². The number of nitrogens with zero attached hydrogens (tertiary/aromatic N) is 1. The largest absolute Gasteiger partial charge is 0.497 e. The van der Waals surface area contributed by atoms with E-state index < -0.39 is 0 Å². The molecule has 0 spiro atoms. The normalized spacial score (nSPS) is 17.8. The van der Waals surface area contributed by atoms with Gasteiger partial charge in [0.2, 0.25) is 11.8 Å². The molecule has 1 aliphatic heterocycles. The zero-order chi connectivity index (χ0) is 19.8. The highest BCUT2D eigenvalue weighted by molar-refractivity contribution is 5.81. The van der Waals surface area contributed by atoms with E-state index in [1.807, 2.05) is 29.2 Å². The monoisotopic (exact) mass is 384 g/mol. The molecule has 0 radical (unpaired) electrons. The second-order valence-electron chi connectivity index (χ2n) is 7.83. The third kappa shape index (κ3) is 5.85. The Labute approximate surface area is 168 Å². The van der Waals surface area contributed by atoms with Gasteiger partial charge in [0.05, 0.1) is 13.5 Å². The number of methoxy groups -OCH3 is 1. The van der Waals surface area contributed by atoms with E-state index in [0.717, 1.165) is 37.1 Å². The number of hydrogen-bond acceptors (Lipinski definition) is 3.